The van der Waals surface area contributed by atoms with Crippen molar-refractivity contribution in [3.63, 3.8) is 0 Å². The molecule has 3 atom stereocenters. The Bertz CT molecular complexity index is 534. The molecule has 0 aromatic heterocycles. The third kappa shape index (κ3) is 2.96. The number of hydrogen-bond acceptors (Lipinski definition) is 4. The lowest BCUT2D eigenvalue weighted by Gasteiger charge is -2.21. The van der Waals surface area contributed by atoms with Gasteiger partial charge in [0.1, 0.15) is 11.9 Å². The summed E-state index contributed by atoms with van der Waals surface area (Å²) in [6.07, 6.45) is 2.39. The third-order valence-electron chi connectivity index (χ3n) is 4.72. The van der Waals surface area contributed by atoms with Crippen LogP contribution in [0.5, 0.6) is 5.75 Å². The Hall–Kier alpha value is -1.59. The highest BCUT2D eigenvalue weighted by Crippen LogP contribution is 2.34. The van der Waals surface area contributed by atoms with Crippen molar-refractivity contribution < 1.29 is 14.3 Å². The van der Waals surface area contributed by atoms with Crippen molar-refractivity contribution in [1.82, 2.24) is 4.90 Å². The summed E-state index contributed by atoms with van der Waals surface area (Å²) in [6, 6.07) is 8.06. The molecule has 2 fully saturated rings. The Kier molecular flexibility index (Phi) is 4.64. The van der Waals surface area contributed by atoms with Crippen molar-refractivity contribution >= 4 is 5.91 Å². The molecule has 5 nitrogen and oxygen atoms in total. The van der Waals surface area contributed by atoms with E-state index in [-0.39, 0.29) is 18.1 Å². The van der Waals surface area contributed by atoms with E-state index in [2.05, 4.69) is 6.07 Å². The smallest absolute Gasteiger partial charge is 0.251 e. The van der Waals surface area contributed by atoms with Gasteiger partial charge in [-0.05, 0) is 30.9 Å². The Morgan fingerprint density at radius 2 is 2.18 bits per heavy atom. The van der Waals surface area contributed by atoms with Crippen LogP contribution in [0.1, 0.15) is 30.7 Å². The summed E-state index contributed by atoms with van der Waals surface area (Å²) in [5.74, 6) is 1.36. The Balaban J connectivity index is 1.64. The Morgan fingerprint density at radius 1 is 1.36 bits per heavy atom. The summed E-state index contributed by atoms with van der Waals surface area (Å²) in [5, 5.41) is 0. The molecule has 0 bridgehead atoms. The van der Waals surface area contributed by atoms with Gasteiger partial charge in [0.25, 0.3) is 5.91 Å². The van der Waals surface area contributed by atoms with Crippen LogP contribution in [0.3, 0.4) is 0 Å². The summed E-state index contributed by atoms with van der Waals surface area (Å²) >= 11 is 0. The van der Waals surface area contributed by atoms with Crippen molar-refractivity contribution in [2.75, 3.05) is 26.7 Å². The fraction of sp³-hybridized carbons (Fsp3) is 0.588. The van der Waals surface area contributed by atoms with Crippen LogP contribution in [-0.2, 0) is 9.53 Å². The van der Waals surface area contributed by atoms with Gasteiger partial charge in [0.15, 0.2) is 0 Å². The molecule has 0 aliphatic carbocycles. The number of rotatable bonds is 4. The highest BCUT2D eigenvalue weighted by atomic mass is 16.5. The zero-order chi connectivity index (χ0) is 15.5. The van der Waals surface area contributed by atoms with Gasteiger partial charge in [-0.3, -0.25) is 4.79 Å². The molecule has 1 amide bonds. The monoisotopic (exact) mass is 304 g/mol. The predicted molar refractivity (Wildman–Crippen MR) is 83.9 cm³/mol. The number of para-hydroxylation sites is 1. The average molecular weight is 304 g/mol. The van der Waals surface area contributed by atoms with Crippen LogP contribution in [0.2, 0.25) is 0 Å². The minimum Gasteiger partial charge on any atom is -0.496 e. The summed E-state index contributed by atoms with van der Waals surface area (Å²) in [7, 11) is 1.69. The first-order valence-corrected chi connectivity index (χ1v) is 8.00. The lowest BCUT2D eigenvalue weighted by Crippen LogP contribution is -2.38. The molecule has 120 valence electrons. The largest absolute Gasteiger partial charge is 0.496 e. The predicted octanol–water partition coefficient (Wildman–Crippen LogP) is 1.52. The normalized spacial score (nSPS) is 28.1. The number of nitrogens with zero attached hydrogens (tertiary/aromatic N) is 1. The van der Waals surface area contributed by atoms with E-state index in [1.54, 1.807) is 7.11 Å². The van der Waals surface area contributed by atoms with E-state index in [9.17, 15) is 4.79 Å². The molecule has 2 N–H and O–H groups in total. The second kappa shape index (κ2) is 6.67. The quantitative estimate of drug-likeness (QED) is 0.916. The minimum absolute atomic E-state index is 0.0431. The molecule has 2 aliphatic heterocycles. The van der Waals surface area contributed by atoms with E-state index in [0.29, 0.717) is 12.5 Å². The van der Waals surface area contributed by atoms with E-state index in [1.165, 1.54) is 5.56 Å². The van der Waals surface area contributed by atoms with Gasteiger partial charge in [-0.2, -0.15) is 0 Å². The van der Waals surface area contributed by atoms with E-state index in [4.69, 9.17) is 15.2 Å². The maximum absolute atomic E-state index is 12.6. The number of methoxy groups -OCH3 is 1. The molecule has 1 unspecified atom stereocenters. The maximum Gasteiger partial charge on any atom is 0.251 e. The molecule has 22 heavy (non-hydrogen) atoms. The number of likely N-dealkylation sites (tertiary alicyclic amines) is 1. The Labute approximate surface area is 131 Å². The van der Waals surface area contributed by atoms with Gasteiger partial charge in [0.2, 0.25) is 0 Å². The van der Waals surface area contributed by atoms with Crippen LogP contribution in [-0.4, -0.2) is 49.8 Å². The molecule has 1 aromatic rings. The van der Waals surface area contributed by atoms with Crippen molar-refractivity contribution in [2.24, 2.45) is 5.73 Å². The number of hydrogen-bond donors (Lipinski definition) is 1. The number of nitrogens with two attached hydrogens (primary N) is 1. The van der Waals surface area contributed by atoms with Gasteiger partial charge >= 0.3 is 0 Å². The fourth-order valence-corrected chi connectivity index (χ4v) is 3.48. The van der Waals surface area contributed by atoms with Gasteiger partial charge in [0.05, 0.1) is 13.2 Å². The number of carbonyl (C=O) groups is 1. The first-order chi connectivity index (χ1) is 10.7. The molecule has 5 heteroatoms. The topological polar surface area (TPSA) is 64.8 Å². The zero-order valence-electron chi connectivity index (χ0n) is 13.0. The number of benzene rings is 1. The molecular weight excluding hydrogens is 280 g/mol. The van der Waals surface area contributed by atoms with Gasteiger partial charge in [-0.1, -0.05) is 18.2 Å². The number of carbonyl (C=O) groups excluding carboxylic acids is 1. The van der Waals surface area contributed by atoms with Crippen LogP contribution in [0.15, 0.2) is 24.3 Å². The molecule has 2 saturated heterocycles. The summed E-state index contributed by atoms with van der Waals surface area (Å²) in [5.41, 5.74) is 6.80. The SMILES string of the molecule is COc1ccccc1C1CCN(C(=O)[C@@H]2CC[C@H](CN)O2)C1. The van der Waals surface area contributed by atoms with Gasteiger partial charge in [-0.25, -0.2) is 0 Å². The van der Waals surface area contributed by atoms with Crippen molar-refractivity contribution in [1.29, 1.82) is 0 Å². The van der Waals surface area contributed by atoms with Crippen molar-refractivity contribution in [3.8, 4) is 5.75 Å². The lowest BCUT2D eigenvalue weighted by atomic mass is 9.97. The summed E-state index contributed by atoms with van der Waals surface area (Å²) in [4.78, 5) is 14.5. The van der Waals surface area contributed by atoms with Gasteiger partial charge in [0, 0.05) is 25.6 Å². The minimum atomic E-state index is -0.301. The molecule has 3 rings (SSSR count). The highest BCUT2D eigenvalue weighted by molar-refractivity contribution is 5.81. The maximum atomic E-state index is 12.6. The fourth-order valence-electron chi connectivity index (χ4n) is 3.48. The van der Waals surface area contributed by atoms with Crippen LogP contribution < -0.4 is 10.5 Å². The molecule has 2 heterocycles. The lowest BCUT2D eigenvalue weighted by molar-refractivity contribution is -0.141. The van der Waals surface area contributed by atoms with E-state index in [0.717, 1.165) is 38.1 Å². The second-order valence-electron chi connectivity index (χ2n) is 6.07. The van der Waals surface area contributed by atoms with Crippen LogP contribution in [0.25, 0.3) is 0 Å². The van der Waals surface area contributed by atoms with Gasteiger partial charge in [-0.15, -0.1) is 0 Å². The van der Waals surface area contributed by atoms with E-state index in [1.807, 2.05) is 23.1 Å². The van der Waals surface area contributed by atoms with E-state index >= 15 is 0 Å². The first kappa shape index (κ1) is 15.3. The second-order valence-corrected chi connectivity index (χ2v) is 6.07. The molecular formula is C17H24N2O3. The molecule has 1 aromatic carbocycles. The highest BCUT2D eigenvalue weighted by Gasteiger charge is 2.36. The summed E-state index contributed by atoms with van der Waals surface area (Å²) < 4.78 is 11.2. The molecule has 0 spiro atoms. The average Bonchev–Trinajstić information content (AvgIpc) is 3.23. The Morgan fingerprint density at radius 3 is 2.91 bits per heavy atom. The molecule has 0 saturated carbocycles. The van der Waals surface area contributed by atoms with Crippen LogP contribution in [0.4, 0.5) is 0 Å². The number of amides is 1. The number of ether oxygens (including phenoxy) is 2. The third-order valence-corrected chi connectivity index (χ3v) is 4.72. The van der Waals surface area contributed by atoms with Crippen molar-refractivity contribution in [2.45, 2.75) is 37.4 Å². The summed E-state index contributed by atoms with van der Waals surface area (Å²) in [6.45, 7) is 2.02. The van der Waals surface area contributed by atoms with E-state index < -0.39 is 0 Å². The molecule has 0 radical (unpaired) electrons. The molecule has 2 aliphatic rings. The van der Waals surface area contributed by atoms with Crippen LogP contribution >= 0.6 is 0 Å². The van der Waals surface area contributed by atoms with Crippen molar-refractivity contribution in [3.05, 3.63) is 29.8 Å². The van der Waals surface area contributed by atoms with Gasteiger partial charge < -0.3 is 20.1 Å². The van der Waals surface area contributed by atoms with Crippen LogP contribution in [0, 0.1) is 0 Å². The zero-order valence-corrected chi connectivity index (χ0v) is 13.0. The standard InChI is InChI=1S/C17H24N2O3/c1-21-15-5-3-2-4-14(15)12-8-9-19(11-12)17(20)16-7-6-13(10-18)22-16/h2-5,12-13,16H,6-11,18H2,1H3/t12?,13-,16+/m1/s1. The first-order valence-electron chi connectivity index (χ1n) is 8.00.